The number of fused-ring (bicyclic) bond motifs is 1. The number of hydrogen-bond donors (Lipinski definition) is 0. The van der Waals surface area contributed by atoms with Crippen LogP contribution in [-0.4, -0.2) is 11.3 Å². The minimum atomic E-state index is 0. The summed E-state index contributed by atoms with van der Waals surface area (Å²) in [4.78, 5) is 14.7. The lowest BCUT2D eigenvalue weighted by molar-refractivity contribution is 0.112. The Morgan fingerprint density at radius 2 is 2.42 bits per heavy atom. The molecule has 0 fully saturated rings. The van der Waals surface area contributed by atoms with Crippen molar-refractivity contribution in [3.63, 3.8) is 0 Å². The summed E-state index contributed by atoms with van der Waals surface area (Å²) in [6.45, 7) is 0. The van der Waals surface area contributed by atoms with E-state index in [9.17, 15) is 4.79 Å². The zero-order valence-electron chi connectivity index (χ0n) is 7.32. The smallest absolute Gasteiger partial charge is 0.298 e. The van der Waals surface area contributed by atoms with Crippen molar-refractivity contribution in [1.82, 2.24) is 4.98 Å². The number of hydrogen-bond acceptors (Lipinski definition) is 2. The predicted octanol–water partition coefficient (Wildman–Crippen LogP) is 1.96. The summed E-state index contributed by atoms with van der Waals surface area (Å²) in [5.41, 5.74) is 1.33. The maximum absolute atomic E-state index is 10.6. The second-order valence-corrected chi connectivity index (χ2v) is 2.45. The number of rotatable bonds is 1. The van der Waals surface area contributed by atoms with Crippen molar-refractivity contribution in [1.29, 1.82) is 0 Å². The van der Waals surface area contributed by atoms with Crippen LogP contribution in [0.5, 0.6) is 0 Å². The molecule has 0 saturated heterocycles. The Balaban J connectivity index is 0.000000845. The quantitative estimate of drug-likeness (QED) is 0.592. The van der Waals surface area contributed by atoms with Gasteiger partial charge in [-0.15, -0.1) is 0 Å². The van der Waals surface area contributed by atoms with E-state index < -0.39 is 0 Å². The third kappa shape index (κ3) is 0.975. The summed E-state index contributed by atoms with van der Waals surface area (Å²) in [6, 6.07) is 10.2. The van der Waals surface area contributed by atoms with Gasteiger partial charge in [-0.05, 0) is 18.2 Å². The molecule has 0 aliphatic rings. The van der Waals surface area contributed by atoms with Gasteiger partial charge in [-0.3, -0.25) is 9.78 Å². The van der Waals surface area contributed by atoms with Crippen LogP contribution >= 0.6 is 0 Å². The van der Waals surface area contributed by atoms with Crippen LogP contribution in [0.15, 0.2) is 30.5 Å². The summed E-state index contributed by atoms with van der Waals surface area (Å²) in [7, 11) is 0. The standard InChI is InChI=1S/C10H6NO/c12-7-9-4-1-3-8-5-2-6-11-10(8)9/h1-4,6-7H/p+1. The number of benzene rings is 1. The van der Waals surface area contributed by atoms with Gasteiger partial charge in [-0.25, -0.2) is 0 Å². The molecule has 0 saturated carbocycles. The number of aromatic nitrogens is 1. The summed E-state index contributed by atoms with van der Waals surface area (Å²) < 4.78 is 0. The minimum absolute atomic E-state index is 0. The Morgan fingerprint density at radius 1 is 1.50 bits per heavy atom. The molecule has 0 unspecified atom stereocenters. The number of carbonyl (C=O) groups is 1. The molecule has 0 atom stereocenters. The highest BCUT2D eigenvalue weighted by atomic mass is 16.1. The van der Waals surface area contributed by atoms with Gasteiger partial charge in [0.15, 0.2) is 6.29 Å². The molecule has 0 amide bonds. The summed E-state index contributed by atoms with van der Waals surface area (Å²) >= 11 is 0. The molecule has 12 heavy (non-hydrogen) atoms. The summed E-state index contributed by atoms with van der Waals surface area (Å²) in [5.74, 6) is 0. The van der Waals surface area contributed by atoms with Crippen LogP contribution < -0.4 is 0 Å². The highest BCUT2D eigenvalue weighted by molar-refractivity contribution is 5.94. The van der Waals surface area contributed by atoms with Gasteiger partial charge < -0.3 is 0 Å². The van der Waals surface area contributed by atoms with Gasteiger partial charge in [-0.2, -0.15) is 0 Å². The number of pyridine rings is 1. The molecule has 0 aliphatic heterocycles. The molecule has 2 nitrogen and oxygen atoms in total. The van der Waals surface area contributed by atoms with Crippen molar-refractivity contribution in [3.8, 4) is 0 Å². The third-order valence-electron chi connectivity index (χ3n) is 1.71. The molecule has 0 spiro atoms. The average Bonchev–Trinajstić information content (AvgIpc) is 2.17. The van der Waals surface area contributed by atoms with E-state index in [1.54, 1.807) is 18.3 Å². The second-order valence-electron chi connectivity index (χ2n) is 2.45. The lowest BCUT2D eigenvalue weighted by atomic mass is 10.1. The largest absolute Gasteiger partial charge is 1.00 e. The fourth-order valence-electron chi connectivity index (χ4n) is 1.16. The molecule has 2 aromatic rings. The molecule has 2 heteroatoms. The van der Waals surface area contributed by atoms with Gasteiger partial charge in [0.05, 0.1) is 5.52 Å². The zero-order chi connectivity index (χ0) is 8.39. The van der Waals surface area contributed by atoms with Crippen LogP contribution in [0.3, 0.4) is 0 Å². The van der Waals surface area contributed by atoms with Crippen molar-refractivity contribution in [3.05, 3.63) is 42.1 Å². The first kappa shape index (κ1) is 6.98. The summed E-state index contributed by atoms with van der Waals surface area (Å²) in [6.07, 6.45) is 2.44. The van der Waals surface area contributed by atoms with Gasteiger partial charge in [0.2, 0.25) is 0 Å². The SMILES string of the molecule is O=Cc1cccc2[c]ccnc12.[H+]. The Hall–Kier alpha value is -1.70. The van der Waals surface area contributed by atoms with Crippen LogP contribution in [-0.2, 0) is 0 Å². The molecule has 0 aliphatic carbocycles. The summed E-state index contributed by atoms with van der Waals surface area (Å²) in [5, 5.41) is 0.877. The lowest BCUT2D eigenvalue weighted by Gasteiger charge is -1.96. The van der Waals surface area contributed by atoms with E-state index in [0.29, 0.717) is 5.56 Å². The van der Waals surface area contributed by atoms with Gasteiger partial charge in [0.1, 0.15) is 0 Å². The normalized spacial score (nSPS) is 10.0. The van der Waals surface area contributed by atoms with Crippen molar-refractivity contribution < 1.29 is 6.22 Å². The van der Waals surface area contributed by atoms with E-state index in [1.807, 2.05) is 12.1 Å². The van der Waals surface area contributed by atoms with Gasteiger partial charge in [0, 0.05) is 17.1 Å². The Labute approximate surface area is 71.3 Å². The van der Waals surface area contributed by atoms with E-state index in [4.69, 9.17) is 0 Å². The number of nitrogens with zero attached hydrogens (tertiary/aromatic N) is 1. The Kier molecular flexibility index (Phi) is 1.59. The second kappa shape index (κ2) is 2.74. The van der Waals surface area contributed by atoms with E-state index >= 15 is 0 Å². The third-order valence-corrected chi connectivity index (χ3v) is 1.71. The maximum Gasteiger partial charge on any atom is 1.00 e. The molecule has 1 aromatic carbocycles. The minimum Gasteiger partial charge on any atom is -0.298 e. The number of carbonyl (C=O) groups excluding carboxylic acids is 1. The number of aldehydes is 1. The van der Waals surface area contributed by atoms with E-state index in [0.717, 1.165) is 17.2 Å². The first-order valence-electron chi connectivity index (χ1n) is 3.62. The number of para-hydroxylation sites is 1. The molecule has 1 heterocycles. The first-order chi connectivity index (χ1) is 5.92. The van der Waals surface area contributed by atoms with Crippen molar-refractivity contribution in [2.24, 2.45) is 0 Å². The molecule has 0 bridgehead atoms. The molecule has 57 valence electrons. The molecule has 2 rings (SSSR count). The molecule has 0 N–H and O–H groups in total. The zero-order valence-corrected chi connectivity index (χ0v) is 6.32. The fourth-order valence-corrected chi connectivity index (χ4v) is 1.16. The monoisotopic (exact) mass is 157 g/mol. The predicted molar refractivity (Wildman–Crippen MR) is 47.1 cm³/mol. The molecule has 1 aromatic heterocycles. The van der Waals surface area contributed by atoms with Crippen molar-refractivity contribution in [2.45, 2.75) is 0 Å². The van der Waals surface area contributed by atoms with Crippen LogP contribution in [0.25, 0.3) is 10.9 Å². The van der Waals surface area contributed by atoms with Gasteiger partial charge in [0.25, 0.3) is 0 Å². The average molecular weight is 157 g/mol. The van der Waals surface area contributed by atoms with Crippen LogP contribution in [0.2, 0.25) is 0 Å². The van der Waals surface area contributed by atoms with E-state index in [2.05, 4.69) is 11.1 Å². The Morgan fingerprint density at radius 3 is 3.25 bits per heavy atom. The fraction of sp³-hybridized carbons (Fsp3) is 0. The Bertz CT molecular complexity index is 423. The van der Waals surface area contributed by atoms with E-state index in [1.165, 1.54) is 0 Å². The van der Waals surface area contributed by atoms with Crippen molar-refractivity contribution in [2.75, 3.05) is 0 Å². The van der Waals surface area contributed by atoms with Crippen LogP contribution in [0.1, 0.15) is 11.8 Å². The highest BCUT2D eigenvalue weighted by Gasteiger charge is 1.98. The molecular weight excluding hydrogens is 150 g/mol. The maximum atomic E-state index is 10.6. The van der Waals surface area contributed by atoms with Crippen molar-refractivity contribution >= 4 is 17.2 Å². The van der Waals surface area contributed by atoms with E-state index in [-0.39, 0.29) is 1.43 Å². The topological polar surface area (TPSA) is 30.0 Å². The van der Waals surface area contributed by atoms with Gasteiger partial charge in [-0.1, -0.05) is 12.1 Å². The highest BCUT2D eigenvalue weighted by Crippen LogP contribution is 2.12. The first-order valence-corrected chi connectivity index (χ1v) is 3.62. The van der Waals surface area contributed by atoms with Gasteiger partial charge >= 0.3 is 1.43 Å². The molecular formula is C10H7NO+. The van der Waals surface area contributed by atoms with Crippen LogP contribution in [0, 0.1) is 6.07 Å². The lowest BCUT2D eigenvalue weighted by Crippen LogP contribution is -1.85. The van der Waals surface area contributed by atoms with Crippen LogP contribution in [0.4, 0.5) is 0 Å². The molecule has 1 radical (unpaired) electrons.